The van der Waals surface area contributed by atoms with Gasteiger partial charge in [-0.15, -0.1) is 0 Å². The molecule has 10 heteroatoms. The molecule has 2 aliphatic heterocycles. The van der Waals surface area contributed by atoms with E-state index < -0.39 is 5.41 Å². The molecule has 0 unspecified atom stereocenters. The number of amides is 3. The molecule has 0 spiro atoms. The first-order chi connectivity index (χ1) is 17.2. The highest BCUT2D eigenvalue weighted by Crippen LogP contribution is 2.33. The van der Waals surface area contributed by atoms with Gasteiger partial charge in [0.1, 0.15) is 5.82 Å². The fourth-order valence-corrected chi connectivity index (χ4v) is 4.53. The normalized spacial score (nSPS) is 18.0. The Morgan fingerprint density at radius 2 is 1.94 bits per heavy atom. The Hall–Kier alpha value is -3.24. The van der Waals surface area contributed by atoms with Crippen LogP contribution in [0.25, 0.3) is 11.4 Å². The second-order valence-electron chi connectivity index (χ2n) is 9.99. The minimum atomic E-state index is -0.845. The highest BCUT2D eigenvalue weighted by molar-refractivity contribution is 5.89. The second-order valence-corrected chi connectivity index (χ2v) is 9.99. The first-order valence-electron chi connectivity index (χ1n) is 12.5. The number of fused-ring (bicyclic) bond motifs is 1. The Morgan fingerprint density at radius 1 is 1.19 bits per heavy atom. The van der Waals surface area contributed by atoms with Crippen LogP contribution in [0.3, 0.4) is 0 Å². The molecular formula is C26H36N6O4. The highest BCUT2D eigenvalue weighted by Gasteiger charge is 2.35. The van der Waals surface area contributed by atoms with Gasteiger partial charge in [0.25, 0.3) is 0 Å². The zero-order valence-electron chi connectivity index (χ0n) is 21.5. The predicted molar refractivity (Wildman–Crippen MR) is 138 cm³/mol. The van der Waals surface area contributed by atoms with Gasteiger partial charge in [-0.05, 0) is 58.4 Å². The van der Waals surface area contributed by atoms with Crippen molar-refractivity contribution in [3.8, 4) is 11.4 Å². The van der Waals surface area contributed by atoms with E-state index in [-0.39, 0.29) is 24.6 Å². The molecule has 194 valence electrons. The highest BCUT2D eigenvalue weighted by atomic mass is 16.5. The van der Waals surface area contributed by atoms with E-state index in [1.165, 1.54) is 0 Å². The van der Waals surface area contributed by atoms with E-state index in [1.807, 2.05) is 31.2 Å². The number of nitrogens with one attached hydrogen (secondary N) is 2. The fraction of sp³-hybridized carbons (Fsp3) is 0.538. The first-order valence-corrected chi connectivity index (χ1v) is 12.5. The molecule has 0 radical (unpaired) electrons. The Labute approximate surface area is 212 Å². The number of aromatic nitrogens is 2. The number of hydrogen-bond acceptors (Lipinski definition) is 7. The minimum Gasteiger partial charge on any atom is -0.395 e. The maximum absolute atomic E-state index is 13.1. The zero-order chi connectivity index (χ0) is 25.9. The summed E-state index contributed by atoms with van der Waals surface area (Å²) in [6, 6.07) is 7.33. The number of rotatable bonds is 6. The van der Waals surface area contributed by atoms with Crippen LogP contribution >= 0.6 is 0 Å². The predicted octanol–water partition coefficient (Wildman–Crippen LogP) is 2.41. The van der Waals surface area contributed by atoms with Crippen LogP contribution in [0.15, 0.2) is 24.3 Å². The summed E-state index contributed by atoms with van der Waals surface area (Å²) in [6.07, 6.45) is 0.650. The molecular weight excluding hydrogens is 460 g/mol. The average molecular weight is 497 g/mol. The number of nitrogens with zero attached hydrogens (tertiary/aromatic N) is 4. The summed E-state index contributed by atoms with van der Waals surface area (Å²) in [6.45, 7) is 10.8. The van der Waals surface area contributed by atoms with E-state index in [2.05, 4.69) is 22.5 Å². The quantitative estimate of drug-likeness (QED) is 0.562. The molecule has 36 heavy (non-hydrogen) atoms. The Balaban J connectivity index is 1.69. The van der Waals surface area contributed by atoms with E-state index in [1.54, 1.807) is 18.7 Å². The van der Waals surface area contributed by atoms with Gasteiger partial charge in [-0.3, -0.25) is 4.79 Å². The lowest BCUT2D eigenvalue weighted by Crippen LogP contribution is -2.47. The maximum Gasteiger partial charge on any atom is 0.319 e. The molecule has 2 aromatic rings. The smallest absolute Gasteiger partial charge is 0.319 e. The lowest BCUT2D eigenvalue weighted by molar-refractivity contribution is -0.143. The monoisotopic (exact) mass is 496 g/mol. The summed E-state index contributed by atoms with van der Waals surface area (Å²) in [5.41, 5.74) is 2.54. The van der Waals surface area contributed by atoms with Crippen molar-refractivity contribution in [2.75, 3.05) is 49.7 Å². The summed E-state index contributed by atoms with van der Waals surface area (Å²) < 4.78 is 5.65. The maximum atomic E-state index is 13.1. The van der Waals surface area contributed by atoms with Crippen LogP contribution in [0, 0.1) is 5.41 Å². The Bertz CT molecular complexity index is 1100. The topological polar surface area (TPSA) is 120 Å². The van der Waals surface area contributed by atoms with Crippen LogP contribution in [0.4, 0.5) is 16.3 Å². The number of aliphatic hydroxyl groups excluding tert-OH is 1. The van der Waals surface area contributed by atoms with E-state index >= 15 is 0 Å². The van der Waals surface area contributed by atoms with Crippen molar-refractivity contribution >= 4 is 23.4 Å². The molecule has 3 heterocycles. The van der Waals surface area contributed by atoms with E-state index in [9.17, 15) is 14.7 Å². The number of morpholine rings is 1. The van der Waals surface area contributed by atoms with Crippen molar-refractivity contribution in [3.05, 3.63) is 35.5 Å². The number of ether oxygens (including phenoxy) is 1. The van der Waals surface area contributed by atoms with Crippen LogP contribution in [-0.4, -0.2) is 77.4 Å². The van der Waals surface area contributed by atoms with E-state index in [0.717, 1.165) is 29.2 Å². The molecule has 10 nitrogen and oxygen atoms in total. The number of aliphatic hydroxyl groups is 1. The molecule has 1 atom stereocenters. The van der Waals surface area contributed by atoms with Gasteiger partial charge in [-0.1, -0.05) is 0 Å². The molecule has 0 bridgehead atoms. The van der Waals surface area contributed by atoms with E-state index in [4.69, 9.17) is 14.7 Å². The summed E-state index contributed by atoms with van der Waals surface area (Å²) in [5, 5.41) is 15.2. The van der Waals surface area contributed by atoms with E-state index in [0.29, 0.717) is 50.8 Å². The van der Waals surface area contributed by atoms with Crippen LogP contribution in [-0.2, 0) is 22.5 Å². The molecule has 1 fully saturated rings. The number of anilines is 2. The molecule has 3 amide bonds. The molecule has 2 aliphatic rings. The number of hydrogen-bond donors (Lipinski definition) is 3. The van der Waals surface area contributed by atoms with Crippen molar-refractivity contribution in [1.29, 1.82) is 0 Å². The summed E-state index contributed by atoms with van der Waals surface area (Å²) in [5.74, 6) is 1.38. The molecule has 0 saturated carbocycles. The van der Waals surface area contributed by atoms with Gasteiger partial charge < -0.3 is 30.3 Å². The lowest BCUT2D eigenvalue weighted by atomic mass is 9.91. The van der Waals surface area contributed by atoms with Gasteiger partial charge in [0, 0.05) is 36.4 Å². The van der Waals surface area contributed by atoms with Gasteiger partial charge in [-0.25, -0.2) is 14.8 Å². The fourth-order valence-electron chi connectivity index (χ4n) is 4.53. The van der Waals surface area contributed by atoms with Crippen molar-refractivity contribution in [2.24, 2.45) is 5.41 Å². The van der Waals surface area contributed by atoms with Crippen molar-refractivity contribution in [3.63, 3.8) is 0 Å². The Kier molecular flexibility index (Phi) is 7.75. The van der Waals surface area contributed by atoms with Gasteiger partial charge in [-0.2, -0.15) is 0 Å². The van der Waals surface area contributed by atoms with Crippen LogP contribution in [0.2, 0.25) is 0 Å². The summed E-state index contributed by atoms with van der Waals surface area (Å²) >= 11 is 0. The largest absolute Gasteiger partial charge is 0.395 e. The standard InChI is InChI=1S/C26H36N6O4/c1-5-27-25(35)28-19-8-6-18(7-9-19)22-29-21-14-31(24(34)26(3,4)16-33)11-10-20(21)23(30-22)32-12-13-36-15-17(32)2/h6-9,17,33H,5,10-16H2,1-4H3,(H2,27,28,35)/t17-/m0/s1. The molecule has 3 N–H and O–H groups in total. The number of carbonyl (C=O) groups is 2. The SMILES string of the molecule is CCNC(=O)Nc1ccc(-c2nc3c(c(N4CCOC[C@@H]4C)n2)CCN(C(=O)C(C)(C)CO)C3)cc1. The number of benzene rings is 1. The van der Waals surface area contributed by atoms with Crippen molar-refractivity contribution in [1.82, 2.24) is 20.2 Å². The minimum absolute atomic E-state index is 0.0853. The van der Waals surface area contributed by atoms with Gasteiger partial charge in [0.05, 0.1) is 43.5 Å². The van der Waals surface area contributed by atoms with Crippen LogP contribution in [0.1, 0.15) is 39.0 Å². The second kappa shape index (κ2) is 10.8. The lowest BCUT2D eigenvalue weighted by Gasteiger charge is -2.39. The molecule has 1 saturated heterocycles. The van der Waals surface area contributed by atoms with Gasteiger partial charge in [0.2, 0.25) is 5.91 Å². The summed E-state index contributed by atoms with van der Waals surface area (Å²) in [7, 11) is 0. The molecule has 1 aromatic carbocycles. The Morgan fingerprint density at radius 3 is 2.61 bits per heavy atom. The molecule has 0 aliphatic carbocycles. The third kappa shape index (κ3) is 5.44. The van der Waals surface area contributed by atoms with Gasteiger partial charge >= 0.3 is 6.03 Å². The third-order valence-electron chi connectivity index (χ3n) is 6.68. The molecule has 1 aromatic heterocycles. The zero-order valence-corrected chi connectivity index (χ0v) is 21.5. The van der Waals surface area contributed by atoms with Crippen LogP contribution < -0.4 is 15.5 Å². The molecule has 4 rings (SSSR count). The van der Waals surface area contributed by atoms with Crippen molar-refractivity contribution < 1.29 is 19.4 Å². The van der Waals surface area contributed by atoms with Crippen molar-refractivity contribution in [2.45, 2.75) is 46.7 Å². The number of carbonyl (C=O) groups excluding carboxylic acids is 2. The van der Waals surface area contributed by atoms with Gasteiger partial charge in [0.15, 0.2) is 5.82 Å². The third-order valence-corrected chi connectivity index (χ3v) is 6.68. The average Bonchev–Trinajstić information content (AvgIpc) is 2.88. The number of urea groups is 1. The van der Waals surface area contributed by atoms with Crippen LogP contribution in [0.5, 0.6) is 0 Å². The first kappa shape index (κ1) is 25.8. The summed E-state index contributed by atoms with van der Waals surface area (Å²) in [4.78, 5) is 38.9.